The molecule has 0 fully saturated rings. The van der Waals surface area contributed by atoms with Crippen LogP contribution in [0.5, 0.6) is 0 Å². The van der Waals surface area contributed by atoms with Crippen LogP contribution in [0.25, 0.3) is 0 Å². The van der Waals surface area contributed by atoms with Crippen LogP contribution in [-0.4, -0.2) is 47.3 Å². The molecule has 0 radical (unpaired) electrons. The Morgan fingerprint density at radius 3 is 2.27 bits per heavy atom. The molecule has 0 saturated heterocycles. The number of hydrogen-bond acceptors (Lipinski definition) is 5. The van der Waals surface area contributed by atoms with Crippen LogP contribution in [0.15, 0.2) is 48.5 Å². The molecule has 0 aliphatic heterocycles. The fourth-order valence-corrected chi connectivity index (χ4v) is 3.69. The van der Waals surface area contributed by atoms with Crippen molar-refractivity contribution in [1.82, 2.24) is 10.2 Å². The van der Waals surface area contributed by atoms with E-state index in [4.69, 9.17) is 16.3 Å². The summed E-state index contributed by atoms with van der Waals surface area (Å²) < 4.78 is 5.25. The van der Waals surface area contributed by atoms with E-state index in [2.05, 4.69) is 23.3 Å². The number of amides is 3. The molecule has 2 aromatic carbocycles. The number of benzene rings is 2. The molecule has 2 atom stereocenters. The molecule has 0 aliphatic carbocycles. The Morgan fingerprint density at radius 1 is 1.09 bits per heavy atom. The number of ether oxygens (including phenoxy) is 1. The molecule has 2 rings (SSSR count). The van der Waals surface area contributed by atoms with Gasteiger partial charge in [-0.05, 0) is 44.9 Å². The van der Waals surface area contributed by atoms with Gasteiger partial charge in [0.1, 0.15) is 17.7 Å². The van der Waals surface area contributed by atoms with Crippen molar-refractivity contribution in [1.29, 1.82) is 0 Å². The third-order valence-electron chi connectivity index (χ3n) is 4.74. The van der Waals surface area contributed by atoms with E-state index < -0.39 is 35.6 Å². The van der Waals surface area contributed by atoms with E-state index in [9.17, 15) is 14.4 Å². The average Bonchev–Trinajstić information content (AvgIpc) is 2.74. The first-order valence-electron chi connectivity index (χ1n) is 10.4. The summed E-state index contributed by atoms with van der Waals surface area (Å²) in [6.45, 7) is 7.00. The van der Waals surface area contributed by atoms with E-state index in [1.165, 1.54) is 11.9 Å². The second-order valence-electron chi connectivity index (χ2n) is 8.56. The first kappa shape index (κ1) is 26.5. The monoisotopic (exact) mass is 491 g/mol. The molecule has 2 aromatic rings. The molecule has 0 aromatic heterocycles. The molecule has 9 heteroatoms. The number of aryl methyl sites for hydroxylation is 1. The Labute approximate surface area is 205 Å². The third kappa shape index (κ3) is 7.40. The summed E-state index contributed by atoms with van der Waals surface area (Å²) in [6, 6.07) is 12.2. The minimum atomic E-state index is -0.991. The highest BCUT2D eigenvalue weighted by Gasteiger charge is 2.34. The summed E-state index contributed by atoms with van der Waals surface area (Å²) >= 11 is 10.5. The molecule has 3 amide bonds. The van der Waals surface area contributed by atoms with E-state index >= 15 is 0 Å². The SMILES string of the molecule is Cc1cccc(Cl)c1NC(=O)C(c1ccccc1)N(C)C(=O)C(CS)NC(=O)OC(C)(C)C. The number of likely N-dealkylation sites (N-methyl/N-ethyl adjacent to an activating group) is 1. The molecular formula is C24H30ClN3O4S. The number of anilines is 1. The van der Waals surface area contributed by atoms with Gasteiger partial charge in [0.05, 0.1) is 10.7 Å². The number of nitrogens with one attached hydrogen (secondary N) is 2. The molecule has 2 unspecified atom stereocenters. The molecule has 0 spiro atoms. The van der Waals surface area contributed by atoms with Crippen molar-refractivity contribution >= 4 is 47.8 Å². The van der Waals surface area contributed by atoms with Crippen molar-refractivity contribution in [3.63, 3.8) is 0 Å². The van der Waals surface area contributed by atoms with Crippen molar-refractivity contribution < 1.29 is 19.1 Å². The molecule has 0 heterocycles. The molecule has 7 nitrogen and oxygen atoms in total. The number of alkyl carbamates (subject to hydrolysis) is 1. The first-order chi connectivity index (χ1) is 15.4. The predicted octanol–water partition coefficient (Wildman–Crippen LogP) is 4.61. The average molecular weight is 492 g/mol. The van der Waals surface area contributed by atoms with Gasteiger partial charge in [0.15, 0.2) is 0 Å². The topological polar surface area (TPSA) is 87.7 Å². The Kier molecular flexibility index (Phi) is 9.19. The second kappa shape index (κ2) is 11.4. The van der Waals surface area contributed by atoms with Gasteiger partial charge < -0.3 is 20.3 Å². The Bertz CT molecular complexity index is 975. The number of halogens is 1. The molecule has 33 heavy (non-hydrogen) atoms. The highest BCUT2D eigenvalue weighted by atomic mass is 35.5. The summed E-state index contributed by atoms with van der Waals surface area (Å²) in [4.78, 5) is 40.2. The number of carbonyl (C=O) groups is 3. The molecule has 2 N–H and O–H groups in total. The number of carbonyl (C=O) groups excluding carboxylic acids is 3. The van der Waals surface area contributed by atoms with Crippen LogP contribution in [0.1, 0.15) is 37.9 Å². The predicted molar refractivity (Wildman–Crippen MR) is 134 cm³/mol. The Morgan fingerprint density at radius 2 is 1.73 bits per heavy atom. The number of para-hydroxylation sites is 1. The van der Waals surface area contributed by atoms with E-state index in [-0.39, 0.29) is 5.75 Å². The highest BCUT2D eigenvalue weighted by Crippen LogP contribution is 2.28. The largest absolute Gasteiger partial charge is 0.444 e. The van der Waals surface area contributed by atoms with Crippen molar-refractivity contribution in [3.05, 3.63) is 64.7 Å². The van der Waals surface area contributed by atoms with E-state index in [0.717, 1.165) is 5.56 Å². The van der Waals surface area contributed by atoms with Gasteiger partial charge in [-0.25, -0.2) is 4.79 Å². The molecule has 0 bridgehead atoms. The standard InChI is InChI=1S/C24H30ClN3O4S/c1-15-10-9-13-17(25)19(15)27-21(29)20(16-11-7-6-8-12-16)28(5)22(30)18(14-33)26-23(31)32-24(2,3)4/h6-13,18,20,33H,14H2,1-5H3,(H,26,31)(H,27,29). The normalized spacial score (nSPS) is 12.9. The number of nitrogens with zero attached hydrogens (tertiary/aromatic N) is 1. The fourth-order valence-electron chi connectivity index (χ4n) is 3.18. The van der Waals surface area contributed by atoms with Gasteiger partial charge >= 0.3 is 6.09 Å². The maximum absolute atomic E-state index is 13.4. The maximum Gasteiger partial charge on any atom is 0.408 e. The molecule has 0 aliphatic rings. The number of rotatable bonds is 7. The summed E-state index contributed by atoms with van der Waals surface area (Å²) in [5, 5.41) is 5.77. The van der Waals surface area contributed by atoms with Crippen LogP contribution in [0, 0.1) is 6.92 Å². The lowest BCUT2D eigenvalue weighted by molar-refractivity contribution is -0.138. The Balaban J connectivity index is 2.32. The zero-order valence-corrected chi connectivity index (χ0v) is 21.0. The minimum absolute atomic E-state index is 0.0230. The lowest BCUT2D eigenvalue weighted by Crippen LogP contribution is -2.52. The lowest BCUT2D eigenvalue weighted by Gasteiger charge is -2.31. The van der Waals surface area contributed by atoms with Gasteiger partial charge in [-0.15, -0.1) is 0 Å². The number of hydrogen-bond donors (Lipinski definition) is 3. The van der Waals surface area contributed by atoms with Crippen LogP contribution in [-0.2, 0) is 14.3 Å². The zero-order valence-electron chi connectivity index (χ0n) is 19.4. The van der Waals surface area contributed by atoms with Gasteiger partial charge in [0.25, 0.3) is 5.91 Å². The maximum atomic E-state index is 13.4. The van der Waals surface area contributed by atoms with Crippen LogP contribution in [0.2, 0.25) is 5.02 Å². The van der Waals surface area contributed by atoms with Gasteiger partial charge in [0.2, 0.25) is 5.91 Å². The van der Waals surface area contributed by atoms with Crippen molar-refractivity contribution in [2.24, 2.45) is 0 Å². The van der Waals surface area contributed by atoms with E-state index in [1.54, 1.807) is 57.2 Å². The zero-order chi connectivity index (χ0) is 24.8. The molecule has 0 saturated carbocycles. The quantitative estimate of drug-likeness (QED) is 0.493. The lowest BCUT2D eigenvalue weighted by atomic mass is 10.0. The highest BCUT2D eigenvalue weighted by molar-refractivity contribution is 7.80. The smallest absolute Gasteiger partial charge is 0.408 e. The Hall–Kier alpha value is -2.71. The minimum Gasteiger partial charge on any atom is -0.444 e. The summed E-state index contributed by atoms with van der Waals surface area (Å²) in [5.41, 5.74) is 1.14. The van der Waals surface area contributed by atoms with Crippen molar-refractivity contribution in [2.75, 3.05) is 18.1 Å². The van der Waals surface area contributed by atoms with Crippen LogP contribution < -0.4 is 10.6 Å². The van der Waals surface area contributed by atoms with Crippen molar-refractivity contribution in [3.8, 4) is 0 Å². The summed E-state index contributed by atoms with van der Waals surface area (Å²) in [6.07, 6.45) is -0.740. The van der Waals surface area contributed by atoms with Gasteiger partial charge in [-0.3, -0.25) is 9.59 Å². The van der Waals surface area contributed by atoms with Gasteiger partial charge in [-0.1, -0.05) is 54.1 Å². The molecular weight excluding hydrogens is 462 g/mol. The summed E-state index contributed by atoms with van der Waals surface area (Å²) in [5.74, 6) is -0.908. The van der Waals surface area contributed by atoms with Crippen LogP contribution in [0.4, 0.5) is 10.5 Å². The summed E-state index contributed by atoms with van der Waals surface area (Å²) in [7, 11) is 1.51. The van der Waals surface area contributed by atoms with Crippen molar-refractivity contribution in [2.45, 2.75) is 45.4 Å². The van der Waals surface area contributed by atoms with Gasteiger partial charge in [-0.2, -0.15) is 12.6 Å². The first-order valence-corrected chi connectivity index (χ1v) is 11.4. The van der Waals surface area contributed by atoms with Crippen LogP contribution in [0.3, 0.4) is 0 Å². The third-order valence-corrected chi connectivity index (χ3v) is 5.42. The second-order valence-corrected chi connectivity index (χ2v) is 9.34. The van der Waals surface area contributed by atoms with Gasteiger partial charge in [0, 0.05) is 12.8 Å². The van der Waals surface area contributed by atoms with E-state index in [1.807, 2.05) is 19.1 Å². The van der Waals surface area contributed by atoms with Crippen LogP contribution >= 0.6 is 24.2 Å². The van der Waals surface area contributed by atoms with E-state index in [0.29, 0.717) is 16.3 Å². The molecule has 178 valence electrons. The fraction of sp³-hybridized carbons (Fsp3) is 0.375. The number of thiol groups is 1.